The van der Waals surface area contributed by atoms with E-state index in [1.54, 1.807) is 6.92 Å². The van der Waals surface area contributed by atoms with Gasteiger partial charge in [-0.1, -0.05) is 0 Å². The molecule has 0 aromatic rings. The quantitative estimate of drug-likeness (QED) is 0.628. The number of nitriles is 1. The number of carbonyl (C=O) groups is 1. The fourth-order valence-electron chi connectivity index (χ4n) is 0.357. The Balaban J connectivity index is 3.55. The lowest BCUT2D eigenvalue weighted by Gasteiger charge is -2.05. The van der Waals surface area contributed by atoms with Gasteiger partial charge in [0.15, 0.2) is 0 Å². The van der Waals surface area contributed by atoms with Crippen molar-refractivity contribution >= 4 is 17.7 Å². The summed E-state index contributed by atoms with van der Waals surface area (Å²) in [5.41, 5.74) is 5.19. The Kier molecular flexibility index (Phi) is 4.66. The molecule has 0 heterocycles. The molecular weight excluding hydrogens is 164 g/mol. The summed E-state index contributed by atoms with van der Waals surface area (Å²) in [7, 11) is 0. The molecule has 0 radical (unpaired) electrons. The normalized spacial score (nSPS) is 15.0. The van der Waals surface area contributed by atoms with Gasteiger partial charge < -0.3 is 10.8 Å². The SMILES string of the molecule is CC(C#N)SCC(N)C(=O)O. The van der Waals surface area contributed by atoms with Crippen molar-refractivity contribution in [1.82, 2.24) is 0 Å². The number of carboxylic acid groups (broad SMARTS) is 1. The Morgan fingerprint density at radius 1 is 1.91 bits per heavy atom. The molecule has 11 heavy (non-hydrogen) atoms. The van der Waals surface area contributed by atoms with Gasteiger partial charge in [-0.25, -0.2) is 0 Å². The molecule has 0 fully saturated rings. The molecule has 0 aliphatic rings. The first-order valence-corrected chi connectivity index (χ1v) is 4.12. The van der Waals surface area contributed by atoms with Gasteiger partial charge >= 0.3 is 5.97 Å². The van der Waals surface area contributed by atoms with Crippen LogP contribution in [0.15, 0.2) is 0 Å². The molecule has 2 atom stereocenters. The Hall–Kier alpha value is -0.730. The molecule has 0 aliphatic heterocycles. The second-order valence-corrected chi connectivity index (χ2v) is 3.42. The lowest BCUT2D eigenvalue weighted by molar-refractivity contribution is -0.137. The van der Waals surface area contributed by atoms with E-state index >= 15 is 0 Å². The Labute approximate surface area is 69.4 Å². The van der Waals surface area contributed by atoms with E-state index in [2.05, 4.69) is 0 Å². The fourth-order valence-corrected chi connectivity index (χ4v) is 1.07. The highest BCUT2D eigenvalue weighted by Crippen LogP contribution is 2.09. The van der Waals surface area contributed by atoms with Gasteiger partial charge in [0.2, 0.25) is 0 Å². The molecule has 0 aromatic heterocycles. The predicted octanol–water partition coefficient (Wildman–Crippen LogP) is 0.0436. The second-order valence-electron chi connectivity index (χ2n) is 2.05. The molecule has 0 saturated carbocycles. The van der Waals surface area contributed by atoms with Crippen LogP contribution in [0.5, 0.6) is 0 Å². The predicted molar refractivity (Wildman–Crippen MR) is 43.1 cm³/mol. The van der Waals surface area contributed by atoms with E-state index in [1.807, 2.05) is 6.07 Å². The monoisotopic (exact) mass is 174 g/mol. The first kappa shape index (κ1) is 10.3. The number of nitrogens with two attached hydrogens (primary N) is 1. The molecule has 0 aromatic carbocycles. The van der Waals surface area contributed by atoms with Gasteiger partial charge in [0.25, 0.3) is 0 Å². The number of rotatable bonds is 4. The van der Waals surface area contributed by atoms with Crippen molar-refractivity contribution in [3.05, 3.63) is 0 Å². The van der Waals surface area contributed by atoms with Gasteiger partial charge in [-0.3, -0.25) is 4.79 Å². The van der Waals surface area contributed by atoms with Crippen LogP contribution < -0.4 is 5.73 Å². The van der Waals surface area contributed by atoms with Gasteiger partial charge in [-0.2, -0.15) is 5.26 Å². The van der Waals surface area contributed by atoms with Gasteiger partial charge in [-0.15, -0.1) is 11.8 Å². The third-order valence-electron chi connectivity index (χ3n) is 1.02. The number of aliphatic carboxylic acids is 1. The van der Waals surface area contributed by atoms with Crippen LogP contribution in [0.2, 0.25) is 0 Å². The van der Waals surface area contributed by atoms with Crippen molar-refractivity contribution in [1.29, 1.82) is 5.26 Å². The second kappa shape index (κ2) is 4.99. The summed E-state index contributed by atoms with van der Waals surface area (Å²) in [4.78, 5) is 10.2. The van der Waals surface area contributed by atoms with E-state index in [0.29, 0.717) is 0 Å². The molecule has 0 bridgehead atoms. The maximum atomic E-state index is 10.2. The third-order valence-corrected chi connectivity index (χ3v) is 2.18. The zero-order chi connectivity index (χ0) is 8.85. The topological polar surface area (TPSA) is 87.1 Å². The summed E-state index contributed by atoms with van der Waals surface area (Å²) in [5, 5.41) is 16.5. The standard InChI is InChI=1S/C6H10N2O2S/c1-4(2-7)11-3-5(8)6(9)10/h4-5H,3,8H2,1H3,(H,9,10). The molecule has 62 valence electrons. The zero-order valence-corrected chi connectivity index (χ0v) is 6.97. The molecule has 0 aliphatic carbocycles. The summed E-state index contributed by atoms with van der Waals surface area (Å²) < 4.78 is 0. The van der Waals surface area contributed by atoms with E-state index in [1.165, 1.54) is 11.8 Å². The third kappa shape index (κ3) is 4.65. The van der Waals surface area contributed by atoms with E-state index in [0.717, 1.165) is 0 Å². The number of thioether (sulfide) groups is 1. The maximum absolute atomic E-state index is 10.2. The number of hydrogen-bond donors (Lipinski definition) is 2. The number of nitrogens with zero attached hydrogens (tertiary/aromatic N) is 1. The van der Waals surface area contributed by atoms with Crippen LogP contribution in [0.4, 0.5) is 0 Å². The first-order chi connectivity index (χ1) is 5.07. The lowest BCUT2D eigenvalue weighted by Crippen LogP contribution is -2.32. The average molecular weight is 174 g/mol. The van der Waals surface area contributed by atoms with Crippen LogP contribution in [-0.2, 0) is 4.79 Å². The van der Waals surface area contributed by atoms with Crippen molar-refractivity contribution in [2.24, 2.45) is 5.73 Å². The molecule has 4 nitrogen and oxygen atoms in total. The average Bonchev–Trinajstić information content (AvgIpc) is 1.99. The van der Waals surface area contributed by atoms with Crippen molar-refractivity contribution < 1.29 is 9.90 Å². The molecular formula is C6H10N2O2S. The summed E-state index contributed by atoms with van der Waals surface area (Å²) in [6.45, 7) is 1.71. The van der Waals surface area contributed by atoms with Crippen LogP contribution in [0.1, 0.15) is 6.92 Å². The zero-order valence-electron chi connectivity index (χ0n) is 6.15. The highest BCUT2D eigenvalue weighted by molar-refractivity contribution is 8.00. The van der Waals surface area contributed by atoms with Crippen LogP contribution >= 0.6 is 11.8 Å². The van der Waals surface area contributed by atoms with Crippen molar-refractivity contribution in [2.45, 2.75) is 18.2 Å². The molecule has 0 amide bonds. The highest BCUT2D eigenvalue weighted by Gasteiger charge is 2.12. The van der Waals surface area contributed by atoms with Crippen LogP contribution in [0, 0.1) is 11.3 Å². The molecule has 0 saturated heterocycles. The highest BCUT2D eigenvalue weighted by atomic mass is 32.2. The van der Waals surface area contributed by atoms with E-state index in [4.69, 9.17) is 16.1 Å². The summed E-state index contributed by atoms with van der Waals surface area (Å²) in [6.07, 6.45) is 0. The van der Waals surface area contributed by atoms with E-state index in [9.17, 15) is 4.79 Å². The van der Waals surface area contributed by atoms with E-state index in [-0.39, 0.29) is 11.0 Å². The van der Waals surface area contributed by atoms with Gasteiger partial charge in [0.1, 0.15) is 6.04 Å². The van der Waals surface area contributed by atoms with Gasteiger partial charge in [0.05, 0.1) is 11.3 Å². The summed E-state index contributed by atoms with van der Waals surface area (Å²) >= 11 is 1.25. The molecule has 0 rings (SSSR count). The minimum absolute atomic E-state index is 0.194. The molecule has 0 spiro atoms. The minimum atomic E-state index is -1.03. The molecule has 5 heteroatoms. The largest absolute Gasteiger partial charge is 0.480 e. The smallest absolute Gasteiger partial charge is 0.321 e. The van der Waals surface area contributed by atoms with Crippen molar-refractivity contribution in [2.75, 3.05) is 5.75 Å². The maximum Gasteiger partial charge on any atom is 0.321 e. The van der Waals surface area contributed by atoms with Crippen LogP contribution in [0.3, 0.4) is 0 Å². The lowest BCUT2D eigenvalue weighted by atomic mass is 10.4. The summed E-state index contributed by atoms with van der Waals surface area (Å²) in [6, 6.07) is 1.11. The first-order valence-electron chi connectivity index (χ1n) is 3.07. The number of hydrogen-bond acceptors (Lipinski definition) is 4. The number of carboxylic acids is 1. The Bertz CT molecular complexity index is 178. The minimum Gasteiger partial charge on any atom is -0.480 e. The molecule has 3 N–H and O–H groups in total. The van der Waals surface area contributed by atoms with Crippen LogP contribution in [0.25, 0.3) is 0 Å². The van der Waals surface area contributed by atoms with Gasteiger partial charge in [-0.05, 0) is 6.92 Å². The Morgan fingerprint density at radius 2 is 2.45 bits per heavy atom. The molecule has 2 unspecified atom stereocenters. The van der Waals surface area contributed by atoms with Gasteiger partial charge in [0, 0.05) is 5.75 Å². The van der Waals surface area contributed by atoms with E-state index < -0.39 is 12.0 Å². The van der Waals surface area contributed by atoms with Crippen LogP contribution in [-0.4, -0.2) is 28.1 Å². The van der Waals surface area contributed by atoms with Crippen molar-refractivity contribution in [3.8, 4) is 6.07 Å². The summed E-state index contributed by atoms with van der Waals surface area (Å²) in [5.74, 6) is -0.744. The fraction of sp³-hybridized carbons (Fsp3) is 0.667. The van der Waals surface area contributed by atoms with Crippen molar-refractivity contribution in [3.63, 3.8) is 0 Å². The Morgan fingerprint density at radius 3 is 2.82 bits per heavy atom.